The van der Waals surface area contributed by atoms with Crippen LogP contribution in [0.4, 0.5) is 0 Å². The summed E-state index contributed by atoms with van der Waals surface area (Å²) in [4.78, 5) is 2.67. The summed E-state index contributed by atoms with van der Waals surface area (Å²) in [6.07, 6.45) is 12.7. The summed E-state index contributed by atoms with van der Waals surface area (Å²) in [6.45, 7) is 15.1. The maximum atomic E-state index is 4.11. The van der Waals surface area contributed by atoms with E-state index in [0.29, 0.717) is 6.04 Å². The lowest BCUT2D eigenvalue weighted by molar-refractivity contribution is 0.248. The van der Waals surface area contributed by atoms with Crippen molar-refractivity contribution in [3.05, 3.63) is 81.9 Å². The van der Waals surface area contributed by atoms with Crippen molar-refractivity contribution in [3.63, 3.8) is 0 Å². The van der Waals surface area contributed by atoms with Gasteiger partial charge in [-0.3, -0.25) is 4.90 Å². The first-order chi connectivity index (χ1) is 14.1. The average molecular weight is 388 g/mol. The van der Waals surface area contributed by atoms with E-state index in [-0.39, 0.29) is 0 Å². The Morgan fingerprint density at radius 2 is 1.93 bits per heavy atom. The molecule has 0 aliphatic carbocycles. The lowest BCUT2D eigenvalue weighted by atomic mass is 9.91. The van der Waals surface area contributed by atoms with Gasteiger partial charge in [0.05, 0.1) is 0 Å². The third-order valence-corrected chi connectivity index (χ3v) is 6.50. The van der Waals surface area contributed by atoms with Gasteiger partial charge in [-0.25, -0.2) is 0 Å². The lowest BCUT2D eigenvalue weighted by Gasteiger charge is -2.27. The number of nitrogens with zero attached hydrogens (tertiary/aromatic N) is 1. The molecule has 0 amide bonds. The lowest BCUT2D eigenvalue weighted by Crippen LogP contribution is -2.24. The van der Waals surface area contributed by atoms with Crippen LogP contribution in [0.25, 0.3) is 12.2 Å². The number of allylic oxidation sites excluding steroid dienone is 1. The molecule has 1 unspecified atom stereocenters. The Morgan fingerprint density at radius 3 is 2.59 bits per heavy atom. The van der Waals surface area contributed by atoms with Crippen LogP contribution in [0.3, 0.4) is 0 Å². The second-order valence-electron chi connectivity index (χ2n) is 8.48. The third kappa shape index (κ3) is 4.90. The first kappa shape index (κ1) is 21.6. The highest BCUT2D eigenvalue weighted by atomic mass is 15.2. The quantitative estimate of drug-likeness (QED) is 0.449. The van der Waals surface area contributed by atoms with Gasteiger partial charge >= 0.3 is 0 Å². The zero-order valence-corrected chi connectivity index (χ0v) is 18.8. The zero-order chi connectivity index (χ0) is 20.8. The predicted molar refractivity (Wildman–Crippen MR) is 128 cm³/mol. The van der Waals surface area contributed by atoms with Gasteiger partial charge in [0.2, 0.25) is 0 Å². The summed E-state index contributed by atoms with van der Waals surface area (Å²) in [7, 11) is 0. The van der Waals surface area contributed by atoms with Crippen LogP contribution in [-0.4, -0.2) is 11.4 Å². The van der Waals surface area contributed by atoms with Crippen molar-refractivity contribution in [2.45, 2.75) is 72.4 Å². The second kappa shape index (κ2) is 10.1. The van der Waals surface area contributed by atoms with E-state index >= 15 is 0 Å². The van der Waals surface area contributed by atoms with Crippen molar-refractivity contribution >= 4 is 12.2 Å². The maximum absolute atomic E-state index is 4.11. The maximum Gasteiger partial charge on any atom is 0.0352 e. The van der Waals surface area contributed by atoms with E-state index in [2.05, 4.69) is 81.7 Å². The van der Waals surface area contributed by atoms with Gasteiger partial charge in [0.15, 0.2) is 0 Å². The van der Waals surface area contributed by atoms with Crippen molar-refractivity contribution < 1.29 is 0 Å². The summed E-state index contributed by atoms with van der Waals surface area (Å²) >= 11 is 0. The fraction of sp³-hybridized carbons (Fsp3) is 0.429. The second-order valence-corrected chi connectivity index (χ2v) is 8.48. The molecule has 1 nitrogen and oxygen atoms in total. The molecule has 29 heavy (non-hydrogen) atoms. The van der Waals surface area contributed by atoms with E-state index in [1.807, 2.05) is 6.08 Å². The number of likely N-dealkylation sites (tertiary alicyclic amines) is 1. The first-order valence-corrected chi connectivity index (χ1v) is 11.3. The number of hydrogen-bond donors (Lipinski definition) is 0. The predicted octanol–water partition coefficient (Wildman–Crippen LogP) is 7.66. The van der Waals surface area contributed by atoms with E-state index in [0.717, 1.165) is 6.54 Å². The van der Waals surface area contributed by atoms with Gasteiger partial charge in [0.1, 0.15) is 0 Å². The molecule has 0 bridgehead atoms. The Hall–Kier alpha value is -2.12. The number of benzene rings is 2. The van der Waals surface area contributed by atoms with E-state index in [1.165, 1.54) is 77.6 Å². The van der Waals surface area contributed by atoms with Crippen molar-refractivity contribution in [1.82, 2.24) is 4.90 Å². The molecule has 1 heterocycles. The molecule has 1 heteroatoms. The highest BCUT2D eigenvalue weighted by molar-refractivity contribution is 5.67. The summed E-state index contributed by atoms with van der Waals surface area (Å²) in [5.41, 5.74) is 9.76. The fourth-order valence-electron chi connectivity index (χ4n) is 4.66. The Kier molecular flexibility index (Phi) is 7.50. The summed E-state index contributed by atoms with van der Waals surface area (Å²) in [5, 5.41) is 0. The van der Waals surface area contributed by atoms with Gasteiger partial charge < -0.3 is 0 Å². The molecular weight excluding hydrogens is 350 g/mol. The summed E-state index contributed by atoms with van der Waals surface area (Å²) in [5.74, 6) is 0. The molecule has 1 aliphatic heterocycles. The van der Waals surface area contributed by atoms with Crippen LogP contribution in [0.2, 0.25) is 0 Å². The van der Waals surface area contributed by atoms with Crippen LogP contribution in [-0.2, 0) is 13.0 Å². The molecule has 1 fully saturated rings. The Labute approximate surface area is 178 Å². The van der Waals surface area contributed by atoms with E-state index < -0.39 is 0 Å². The number of hydrogen-bond acceptors (Lipinski definition) is 1. The molecular formula is C28H37N. The van der Waals surface area contributed by atoms with E-state index in [1.54, 1.807) is 0 Å². The molecule has 1 atom stereocenters. The third-order valence-electron chi connectivity index (χ3n) is 6.50. The van der Waals surface area contributed by atoms with Gasteiger partial charge in [-0.1, -0.05) is 68.5 Å². The Morgan fingerprint density at radius 1 is 1.17 bits per heavy atom. The molecule has 0 spiro atoms. The number of rotatable bonds is 8. The minimum absolute atomic E-state index is 0.521. The van der Waals surface area contributed by atoms with Gasteiger partial charge in [0.25, 0.3) is 0 Å². The van der Waals surface area contributed by atoms with Crippen LogP contribution < -0.4 is 0 Å². The molecule has 0 aromatic heterocycles. The van der Waals surface area contributed by atoms with Crippen molar-refractivity contribution in [2.75, 3.05) is 6.54 Å². The van der Waals surface area contributed by atoms with Crippen molar-refractivity contribution in [1.29, 1.82) is 0 Å². The zero-order valence-electron chi connectivity index (χ0n) is 18.8. The topological polar surface area (TPSA) is 3.24 Å². The van der Waals surface area contributed by atoms with Crippen LogP contribution in [0, 0.1) is 13.8 Å². The Balaban J connectivity index is 1.88. The molecule has 2 aromatic rings. The molecule has 2 aromatic carbocycles. The smallest absolute Gasteiger partial charge is 0.0352 e. The number of unbranched alkanes of at least 4 members (excludes halogenated alkanes) is 1. The van der Waals surface area contributed by atoms with Crippen molar-refractivity contribution in [3.8, 4) is 0 Å². The molecule has 0 radical (unpaired) electrons. The largest absolute Gasteiger partial charge is 0.292 e. The highest BCUT2D eigenvalue weighted by Gasteiger charge is 2.27. The monoisotopic (exact) mass is 387 g/mol. The molecule has 3 rings (SSSR count). The summed E-state index contributed by atoms with van der Waals surface area (Å²) in [6, 6.07) is 12.3. The highest BCUT2D eigenvalue weighted by Crippen LogP contribution is 2.36. The molecule has 1 aliphatic rings. The van der Waals surface area contributed by atoms with Gasteiger partial charge in [-0.2, -0.15) is 0 Å². The average Bonchev–Trinajstić information content (AvgIpc) is 3.20. The SMILES string of the molecule is C=Cc1cc(C)c(C)c(/C=C\C)c1CN1CCCC1c1ccc(CCCC)cc1. The van der Waals surface area contributed by atoms with Crippen LogP contribution in [0.5, 0.6) is 0 Å². The Bertz CT molecular complexity index is 857. The minimum Gasteiger partial charge on any atom is -0.292 e. The van der Waals surface area contributed by atoms with E-state index in [4.69, 9.17) is 0 Å². The molecule has 0 N–H and O–H groups in total. The van der Waals surface area contributed by atoms with Crippen LogP contribution in [0.1, 0.15) is 84.5 Å². The standard InChI is InChI=1S/C28H37N/c1-6-9-12-23-14-16-25(17-15-23)28-13-10-18-29(28)20-27-24(8-3)19-21(4)22(5)26(27)11-7-2/h7-8,11,14-17,19,28H,3,6,9-10,12-13,18,20H2,1-2,4-5H3/b11-7-. The van der Waals surface area contributed by atoms with E-state index in [9.17, 15) is 0 Å². The van der Waals surface area contributed by atoms with Gasteiger partial charge in [-0.05, 0) is 91.9 Å². The van der Waals surface area contributed by atoms with Crippen LogP contribution >= 0.6 is 0 Å². The minimum atomic E-state index is 0.521. The summed E-state index contributed by atoms with van der Waals surface area (Å²) < 4.78 is 0. The molecule has 0 saturated carbocycles. The van der Waals surface area contributed by atoms with Gasteiger partial charge in [0, 0.05) is 12.6 Å². The number of aryl methyl sites for hydroxylation is 2. The molecule has 154 valence electrons. The molecule has 1 saturated heterocycles. The first-order valence-electron chi connectivity index (χ1n) is 11.3. The van der Waals surface area contributed by atoms with Crippen LogP contribution in [0.15, 0.2) is 43.0 Å². The van der Waals surface area contributed by atoms with Gasteiger partial charge in [-0.15, -0.1) is 0 Å². The van der Waals surface area contributed by atoms with Crippen molar-refractivity contribution in [2.24, 2.45) is 0 Å². The normalized spacial score (nSPS) is 17.3. The fourth-order valence-corrected chi connectivity index (χ4v) is 4.66.